The summed E-state index contributed by atoms with van der Waals surface area (Å²) < 4.78 is 5.39. The second-order valence-corrected chi connectivity index (χ2v) is 4.21. The highest BCUT2D eigenvalue weighted by Crippen LogP contribution is 2.18. The highest BCUT2D eigenvalue weighted by Gasteiger charge is 2.24. The molecule has 2 unspecified atom stereocenters. The van der Waals surface area contributed by atoms with Crippen molar-refractivity contribution >= 4 is 0 Å². The molecule has 1 aliphatic heterocycles. The summed E-state index contributed by atoms with van der Waals surface area (Å²) in [5, 5.41) is 0. The van der Waals surface area contributed by atoms with Gasteiger partial charge in [0.1, 0.15) is 0 Å². The minimum Gasteiger partial charge on any atom is -0.381 e. The maximum atomic E-state index is 5.60. The first-order valence-corrected chi connectivity index (χ1v) is 6.08. The van der Waals surface area contributed by atoms with Crippen molar-refractivity contribution in [3.63, 3.8) is 0 Å². The van der Waals surface area contributed by atoms with Crippen molar-refractivity contribution < 1.29 is 4.74 Å². The van der Waals surface area contributed by atoms with Crippen LogP contribution in [0.5, 0.6) is 0 Å². The van der Waals surface area contributed by atoms with Crippen LogP contribution >= 0.6 is 0 Å². The molecular formula is C11H25N3O. The van der Waals surface area contributed by atoms with E-state index < -0.39 is 0 Å². The maximum absolute atomic E-state index is 5.60. The summed E-state index contributed by atoms with van der Waals surface area (Å²) in [7, 11) is 0. The predicted octanol–water partition coefficient (Wildman–Crippen LogP) is 0.587. The fraction of sp³-hybridized carbons (Fsp3) is 1.00. The Morgan fingerprint density at radius 3 is 2.67 bits per heavy atom. The highest BCUT2D eigenvalue weighted by atomic mass is 16.5. The third-order valence-corrected chi connectivity index (χ3v) is 3.40. The Kier molecular flexibility index (Phi) is 6.17. The van der Waals surface area contributed by atoms with E-state index in [0.29, 0.717) is 12.0 Å². The van der Waals surface area contributed by atoms with Crippen LogP contribution in [-0.4, -0.2) is 43.8 Å². The summed E-state index contributed by atoms with van der Waals surface area (Å²) in [4.78, 5) is 2.43. The second-order valence-electron chi connectivity index (χ2n) is 4.21. The van der Waals surface area contributed by atoms with E-state index in [1.807, 2.05) is 0 Å². The van der Waals surface area contributed by atoms with Crippen LogP contribution in [0.2, 0.25) is 0 Å². The van der Waals surface area contributed by atoms with Crippen LogP contribution in [0.4, 0.5) is 0 Å². The molecule has 0 aliphatic carbocycles. The summed E-state index contributed by atoms with van der Waals surface area (Å²) in [6, 6.07) is 0.410. The van der Waals surface area contributed by atoms with Crippen LogP contribution in [0.1, 0.15) is 26.7 Å². The number of hydrazine groups is 1. The quantitative estimate of drug-likeness (QED) is 0.482. The minimum atomic E-state index is 0.410. The van der Waals surface area contributed by atoms with Crippen molar-refractivity contribution in [3.8, 4) is 0 Å². The molecule has 0 aromatic carbocycles. The summed E-state index contributed by atoms with van der Waals surface area (Å²) in [5.41, 5.74) is 2.94. The average molecular weight is 215 g/mol. The monoisotopic (exact) mass is 215 g/mol. The molecule has 1 fully saturated rings. The van der Waals surface area contributed by atoms with Gasteiger partial charge >= 0.3 is 0 Å². The van der Waals surface area contributed by atoms with E-state index in [4.69, 9.17) is 10.6 Å². The van der Waals surface area contributed by atoms with Crippen LogP contribution < -0.4 is 11.3 Å². The molecule has 2 atom stereocenters. The zero-order valence-electron chi connectivity index (χ0n) is 10.0. The molecule has 0 aromatic rings. The number of hydrogen-bond acceptors (Lipinski definition) is 4. The van der Waals surface area contributed by atoms with Crippen molar-refractivity contribution in [1.82, 2.24) is 10.3 Å². The molecule has 15 heavy (non-hydrogen) atoms. The smallest absolute Gasteiger partial charge is 0.0510 e. The van der Waals surface area contributed by atoms with Gasteiger partial charge < -0.3 is 9.64 Å². The van der Waals surface area contributed by atoms with Gasteiger partial charge in [-0.25, -0.2) is 0 Å². The van der Waals surface area contributed by atoms with Gasteiger partial charge in [0.05, 0.1) is 6.61 Å². The SMILES string of the molecule is CCN(CC)CCC(NN)C1CCOC1. The molecule has 1 heterocycles. The molecule has 3 N–H and O–H groups in total. The second kappa shape index (κ2) is 7.17. The van der Waals surface area contributed by atoms with Crippen molar-refractivity contribution in [2.24, 2.45) is 11.8 Å². The van der Waals surface area contributed by atoms with Crippen LogP contribution in [0.3, 0.4) is 0 Å². The Labute approximate surface area is 93.1 Å². The van der Waals surface area contributed by atoms with Crippen molar-refractivity contribution in [1.29, 1.82) is 0 Å². The van der Waals surface area contributed by atoms with Crippen LogP contribution in [0.25, 0.3) is 0 Å². The largest absolute Gasteiger partial charge is 0.381 e. The first-order valence-electron chi connectivity index (χ1n) is 6.08. The first-order chi connectivity index (χ1) is 7.31. The molecule has 0 bridgehead atoms. The Bertz CT molecular complexity index is 156. The number of rotatable bonds is 7. The van der Waals surface area contributed by atoms with Crippen molar-refractivity contribution in [2.45, 2.75) is 32.7 Å². The van der Waals surface area contributed by atoms with E-state index in [9.17, 15) is 0 Å². The zero-order valence-corrected chi connectivity index (χ0v) is 10.0. The lowest BCUT2D eigenvalue weighted by Gasteiger charge is -2.25. The molecule has 4 heteroatoms. The van der Waals surface area contributed by atoms with Crippen LogP contribution in [-0.2, 0) is 4.74 Å². The fourth-order valence-electron chi connectivity index (χ4n) is 2.19. The summed E-state index contributed by atoms with van der Waals surface area (Å²) in [5.74, 6) is 6.20. The molecule has 0 amide bonds. The molecular weight excluding hydrogens is 190 g/mol. The number of nitrogens with zero attached hydrogens (tertiary/aromatic N) is 1. The van der Waals surface area contributed by atoms with Gasteiger partial charge in [-0.3, -0.25) is 11.3 Å². The lowest BCUT2D eigenvalue weighted by molar-refractivity contribution is 0.171. The Hall–Kier alpha value is -0.160. The number of nitrogens with two attached hydrogens (primary N) is 1. The molecule has 0 spiro atoms. The molecule has 0 saturated carbocycles. The van der Waals surface area contributed by atoms with E-state index in [1.54, 1.807) is 0 Å². The lowest BCUT2D eigenvalue weighted by Crippen LogP contribution is -2.43. The van der Waals surface area contributed by atoms with E-state index in [2.05, 4.69) is 24.2 Å². The fourth-order valence-corrected chi connectivity index (χ4v) is 2.19. The minimum absolute atomic E-state index is 0.410. The topological polar surface area (TPSA) is 50.5 Å². The van der Waals surface area contributed by atoms with Crippen molar-refractivity contribution in [2.75, 3.05) is 32.8 Å². The van der Waals surface area contributed by atoms with E-state index in [1.165, 1.54) is 0 Å². The average Bonchev–Trinajstić information content (AvgIpc) is 2.78. The Balaban J connectivity index is 2.26. The van der Waals surface area contributed by atoms with Gasteiger partial charge in [-0.1, -0.05) is 13.8 Å². The van der Waals surface area contributed by atoms with Gasteiger partial charge in [-0.05, 0) is 32.5 Å². The molecule has 1 rings (SSSR count). The Morgan fingerprint density at radius 1 is 1.47 bits per heavy atom. The normalized spacial score (nSPS) is 23.6. The summed E-state index contributed by atoms with van der Waals surface area (Å²) in [6.45, 7) is 9.53. The van der Waals surface area contributed by atoms with E-state index in [-0.39, 0.29) is 0 Å². The maximum Gasteiger partial charge on any atom is 0.0510 e. The van der Waals surface area contributed by atoms with Gasteiger partial charge in [0, 0.05) is 18.6 Å². The molecule has 0 aromatic heterocycles. The third-order valence-electron chi connectivity index (χ3n) is 3.40. The zero-order chi connectivity index (χ0) is 11.1. The number of hydrogen-bond donors (Lipinski definition) is 2. The van der Waals surface area contributed by atoms with Crippen LogP contribution in [0, 0.1) is 5.92 Å². The predicted molar refractivity (Wildman–Crippen MR) is 62.4 cm³/mol. The lowest BCUT2D eigenvalue weighted by atomic mass is 9.96. The van der Waals surface area contributed by atoms with Gasteiger partial charge in [0.2, 0.25) is 0 Å². The van der Waals surface area contributed by atoms with Crippen LogP contribution in [0.15, 0.2) is 0 Å². The molecule has 1 aliphatic rings. The van der Waals surface area contributed by atoms with Gasteiger partial charge in [-0.15, -0.1) is 0 Å². The number of ether oxygens (including phenoxy) is 1. The number of nitrogens with one attached hydrogen (secondary N) is 1. The third kappa shape index (κ3) is 4.07. The van der Waals surface area contributed by atoms with E-state index >= 15 is 0 Å². The molecule has 90 valence electrons. The first kappa shape index (κ1) is 12.9. The van der Waals surface area contributed by atoms with Crippen molar-refractivity contribution in [3.05, 3.63) is 0 Å². The van der Waals surface area contributed by atoms with E-state index in [0.717, 1.165) is 45.7 Å². The summed E-state index contributed by atoms with van der Waals surface area (Å²) >= 11 is 0. The molecule has 4 nitrogen and oxygen atoms in total. The Morgan fingerprint density at radius 2 is 2.20 bits per heavy atom. The van der Waals surface area contributed by atoms with Gasteiger partial charge in [0.15, 0.2) is 0 Å². The van der Waals surface area contributed by atoms with Gasteiger partial charge in [0.25, 0.3) is 0 Å². The highest BCUT2D eigenvalue weighted by molar-refractivity contribution is 4.78. The molecule has 0 radical (unpaired) electrons. The summed E-state index contributed by atoms with van der Waals surface area (Å²) in [6.07, 6.45) is 2.26. The molecule has 1 saturated heterocycles. The standard InChI is InChI=1S/C11H25N3O/c1-3-14(4-2)7-5-11(13-12)10-6-8-15-9-10/h10-11,13H,3-9,12H2,1-2H3. The van der Waals surface area contributed by atoms with Gasteiger partial charge in [-0.2, -0.15) is 0 Å².